The number of amides is 2. The van der Waals surface area contributed by atoms with Crippen LogP contribution in [0, 0.1) is 23.6 Å². The molecule has 0 aliphatic heterocycles. The van der Waals surface area contributed by atoms with Crippen molar-refractivity contribution in [2.45, 2.75) is 49.8 Å². The summed E-state index contributed by atoms with van der Waals surface area (Å²) in [6.45, 7) is 0. The van der Waals surface area contributed by atoms with Gasteiger partial charge in [-0.15, -0.1) is 11.8 Å². The van der Waals surface area contributed by atoms with Gasteiger partial charge in [-0.25, -0.2) is 4.39 Å². The first-order valence-electron chi connectivity index (χ1n) is 11.5. The molecule has 4 aliphatic rings. The Morgan fingerprint density at radius 1 is 0.906 bits per heavy atom. The van der Waals surface area contributed by atoms with E-state index in [4.69, 9.17) is 0 Å². The molecule has 4 nitrogen and oxygen atoms in total. The van der Waals surface area contributed by atoms with Gasteiger partial charge in [0.15, 0.2) is 0 Å². The standard InChI is InChI=1S/C26H29FN2O2S/c27-22-5-7-23(8-6-22)28-24(30)16-32-15-17-1-3-21(4-2-17)25(31)29-26-12-18-9-19(13-26)11-20(10-18)14-26/h1-8,18-20H,9-16H2,(H,28,30)(H,29,31). The quantitative estimate of drug-likeness (QED) is 0.592. The average Bonchev–Trinajstić information content (AvgIpc) is 2.74. The van der Waals surface area contributed by atoms with Gasteiger partial charge in [0.2, 0.25) is 5.91 Å². The molecule has 2 aromatic rings. The van der Waals surface area contributed by atoms with E-state index in [0.29, 0.717) is 22.8 Å². The van der Waals surface area contributed by atoms with Crippen molar-refractivity contribution in [3.05, 3.63) is 65.5 Å². The fourth-order valence-corrected chi connectivity index (χ4v) is 7.11. The lowest BCUT2D eigenvalue weighted by molar-refractivity contribution is -0.113. The van der Waals surface area contributed by atoms with Crippen LogP contribution in [0.2, 0.25) is 0 Å². The maximum absolute atomic E-state index is 12.9. The Bertz CT molecular complexity index is 955. The molecule has 4 saturated carbocycles. The Morgan fingerprint density at radius 3 is 2.09 bits per heavy atom. The molecule has 4 aliphatic carbocycles. The zero-order valence-corrected chi connectivity index (χ0v) is 18.9. The molecular formula is C26H29FN2O2S. The summed E-state index contributed by atoms with van der Waals surface area (Å²) < 4.78 is 12.9. The lowest BCUT2D eigenvalue weighted by atomic mass is 9.53. The van der Waals surface area contributed by atoms with Gasteiger partial charge in [-0.05, 0) is 98.2 Å². The lowest BCUT2D eigenvalue weighted by Crippen LogP contribution is -2.59. The van der Waals surface area contributed by atoms with Crippen molar-refractivity contribution in [3.8, 4) is 0 Å². The van der Waals surface area contributed by atoms with E-state index in [2.05, 4.69) is 10.6 Å². The van der Waals surface area contributed by atoms with Gasteiger partial charge in [0, 0.05) is 22.5 Å². The minimum absolute atomic E-state index is 0.0260. The van der Waals surface area contributed by atoms with E-state index in [-0.39, 0.29) is 23.2 Å². The first kappa shape index (κ1) is 21.5. The highest BCUT2D eigenvalue weighted by atomic mass is 32.2. The van der Waals surface area contributed by atoms with Gasteiger partial charge < -0.3 is 10.6 Å². The Labute approximate surface area is 192 Å². The molecule has 0 spiro atoms. The van der Waals surface area contributed by atoms with Crippen LogP contribution >= 0.6 is 11.8 Å². The van der Waals surface area contributed by atoms with Crippen molar-refractivity contribution in [3.63, 3.8) is 0 Å². The van der Waals surface area contributed by atoms with Gasteiger partial charge in [-0.1, -0.05) is 12.1 Å². The number of benzene rings is 2. The Hall–Kier alpha value is -2.34. The fourth-order valence-electron chi connectivity index (χ4n) is 6.32. The van der Waals surface area contributed by atoms with Gasteiger partial charge in [0.1, 0.15) is 5.82 Å². The number of carbonyl (C=O) groups is 2. The molecule has 0 radical (unpaired) electrons. The molecule has 0 heterocycles. The first-order valence-corrected chi connectivity index (χ1v) is 12.7. The summed E-state index contributed by atoms with van der Waals surface area (Å²) in [4.78, 5) is 25.0. The molecule has 0 saturated heterocycles. The molecule has 2 N–H and O–H groups in total. The third kappa shape index (κ3) is 4.85. The van der Waals surface area contributed by atoms with Gasteiger partial charge >= 0.3 is 0 Å². The zero-order chi connectivity index (χ0) is 22.1. The Morgan fingerprint density at radius 2 is 1.50 bits per heavy atom. The first-order chi connectivity index (χ1) is 15.5. The second-order valence-corrected chi connectivity index (χ2v) is 10.9. The van der Waals surface area contributed by atoms with Crippen molar-refractivity contribution in [2.75, 3.05) is 11.1 Å². The van der Waals surface area contributed by atoms with E-state index in [0.717, 1.165) is 42.6 Å². The highest BCUT2D eigenvalue weighted by Gasteiger charge is 2.51. The molecule has 0 atom stereocenters. The maximum atomic E-state index is 12.9. The number of hydrogen-bond donors (Lipinski definition) is 2. The van der Waals surface area contributed by atoms with Crippen molar-refractivity contribution in [2.24, 2.45) is 17.8 Å². The van der Waals surface area contributed by atoms with Crippen LogP contribution in [0.1, 0.15) is 54.4 Å². The molecule has 4 fully saturated rings. The lowest BCUT2D eigenvalue weighted by Gasteiger charge is -2.56. The van der Waals surface area contributed by atoms with E-state index in [1.807, 2.05) is 24.3 Å². The molecule has 6 heteroatoms. The van der Waals surface area contributed by atoms with Crippen LogP contribution in [0.15, 0.2) is 48.5 Å². The summed E-state index contributed by atoms with van der Waals surface area (Å²) in [7, 11) is 0. The summed E-state index contributed by atoms with van der Waals surface area (Å²) in [5, 5.41) is 6.19. The van der Waals surface area contributed by atoms with Crippen LogP contribution in [0.25, 0.3) is 0 Å². The SMILES string of the molecule is O=C(CSCc1ccc(C(=O)NC23CC4CC(CC(C4)C2)C3)cc1)Nc1ccc(F)cc1. The summed E-state index contributed by atoms with van der Waals surface area (Å²) in [5.74, 6) is 3.02. The van der Waals surface area contributed by atoms with Crippen molar-refractivity contribution < 1.29 is 14.0 Å². The third-order valence-corrected chi connectivity index (χ3v) is 8.27. The van der Waals surface area contributed by atoms with Gasteiger partial charge in [0.25, 0.3) is 5.91 Å². The number of hydrogen-bond acceptors (Lipinski definition) is 3. The number of carbonyl (C=O) groups excluding carboxylic acids is 2. The Kier molecular flexibility index (Phi) is 5.97. The van der Waals surface area contributed by atoms with Crippen molar-refractivity contribution >= 4 is 29.3 Å². The summed E-state index contributed by atoms with van der Waals surface area (Å²) >= 11 is 1.51. The summed E-state index contributed by atoms with van der Waals surface area (Å²) in [6, 6.07) is 13.5. The van der Waals surface area contributed by atoms with E-state index in [9.17, 15) is 14.0 Å². The van der Waals surface area contributed by atoms with E-state index < -0.39 is 0 Å². The predicted molar refractivity (Wildman–Crippen MR) is 126 cm³/mol. The number of nitrogens with one attached hydrogen (secondary N) is 2. The summed E-state index contributed by atoms with van der Waals surface area (Å²) in [6.07, 6.45) is 7.55. The third-order valence-electron chi connectivity index (χ3n) is 7.26. The molecule has 2 amide bonds. The molecule has 2 aromatic carbocycles. The number of anilines is 1. The summed E-state index contributed by atoms with van der Waals surface area (Å²) in [5.41, 5.74) is 2.41. The van der Waals surface area contributed by atoms with E-state index in [1.165, 1.54) is 43.2 Å². The molecule has 6 rings (SSSR count). The van der Waals surface area contributed by atoms with Crippen LogP contribution in [0.4, 0.5) is 10.1 Å². The predicted octanol–water partition coefficient (Wildman–Crippen LogP) is 5.40. The minimum Gasteiger partial charge on any atom is -0.347 e. The minimum atomic E-state index is -0.326. The van der Waals surface area contributed by atoms with E-state index in [1.54, 1.807) is 12.1 Å². The van der Waals surface area contributed by atoms with Crippen LogP contribution in [0.3, 0.4) is 0 Å². The van der Waals surface area contributed by atoms with Crippen molar-refractivity contribution in [1.82, 2.24) is 5.32 Å². The van der Waals surface area contributed by atoms with Crippen molar-refractivity contribution in [1.29, 1.82) is 0 Å². The highest BCUT2D eigenvalue weighted by Crippen LogP contribution is 2.55. The number of thioether (sulfide) groups is 1. The topological polar surface area (TPSA) is 58.2 Å². The highest BCUT2D eigenvalue weighted by molar-refractivity contribution is 7.99. The van der Waals surface area contributed by atoms with Crippen LogP contribution in [-0.2, 0) is 10.5 Å². The monoisotopic (exact) mass is 452 g/mol. The van der Waals surface area contributed by atoms with Crippen LogP contribution in [0.5, 0.6) is 0 Å². The van der Waals surface area contributed by atoms with Gasteiger partial charge in [-0.3, -0.25) is 9.59 Å². The number of halogens is 1. The van der Waals surface area contributed by atoms with Crippen LogP contribution < -0.4 is 10.6 Å². The van der Waals surface area contributed by atoms with Crippen LogP contribution in [-0.4, -0.2) is 23.1 Å². The molecule has 32 heavy (non-hydrogen) atoms. The number of rotatable bonds is 7. The van der Waals surface area contributed by atoms with E-state index >= 15 is 0 Å². The smallest absolute Gasteiger partial charge is 0.251 e. The maximum Gasteiger partial charge on any atom is 0.251 e. The fraction of sp³-hybridized carbons (Fsp3) is 0.462. The van der Waals surface area contributed by atoms with Gasteiger partial charge in [0.05, 0.1) is 5.75 Å². The van der Waals surface area contributed by atoms with Gasteiger partial charge in [-0.2, -0.15) is 0 Å². The normalized spacial score (nSPS) is 27.8. The molecule has 168 valence electrons. The molecule has 0 aromatic heterocycles. The average molecular weight is 453 g/mol. The zero-order valence-electron chi connectivity index (χ0n) is 18.1. The largest absolute Gasteiger partial charge is 0.347 e. The second-order valence-electron chi connectivity index (χ2n) is 9.90. The molecule has 0 unspecified atom stereocenters. The molecule has 4 bridgehead atoms. The Balaban J connectivity index is 1.10. The second kappa shape index (κ2) is 8.89. The molecular weight excluding hydrogens is 423 g/mol.